The van der Waals surface area contributed by atoms with Gasteiger partial charge in [-0.1, -0.05) is 0 Å². The molecule has 0 radical (unpaired) electrons. The fraction of sp³-hybridized carbons (Fsp3) is 0.364. The molecule has 2 aromatic rings. The highest BCUT2D eigenvalue weighted by molar-refractivity contribution is 8.00. The lowest BCUT2D eigenvalue weighted by Crippen LogP contribution is -2.48. The third-order valence-corrected chi connectivity index (χ3v) is 6.09. The predicted molar refractivity (Wildman–Crippen MR) is 119 cm³/mol. The largest absolute Gasteiger partial charge is 0.446 e. The van der Waals surface area contributed by atoms with E-state index in [2.05, 4.69) is 15.3 Å². The lowest BCUT2D eigenvalue weighted by atomic mass is 10.1. The molecular formula is C22H24F3N5O2S. The first-order valence-corrected chi connectivity index (χ1v) is 11.2. The van der Waals surface area contributed by atoms with Crippen LogP contribution in [0.5, 0.6) is 0 Å². The van der Waals surface area contributed by atoms with E-state index in [1.807, 2.05) is 29.1 Å². The normalized spacial score (nSPS) is 17.3. The number of hydrazine groups is 1. The van der Waals surface area contributed by atoms with Crippen molar-refractivity contribution in [3.8, 4) is 0 Å². The second kappa shape index (κ2) is 10.0. The highest BCUT2D eigenvalue weighted by Gasteiger charge is 2.29. The molecule has 33 heavy (non-hydrogen) atoms. The van der Waals surface area contributed by atoms with Gasteiger partial charge < -0.3 is 14.5 Å². The molecule has 0 atom stereocenters. The molecule has 1 saturated heterocycles. The predicted octanol–water partition coefficient (Wildman–Crippen LogP) is 3.81. The number of ether oxygens (including phenoxy) is 1. The van der Waals surface area contributed by atoms with Crippen LogP contribution in [0.15, 0.2) is 59.5 Å². The number of nitrogens with one attached hydrogen (secondary N) is 1. The van der Waals surface area contributed by atoms with Crippen molar-refractivity contribution in [2.75, 3.05) is 37.9 Å². The summed E-state index contributed by atoms with van der Waals surface area (Å²) in [5.41, 5.74) is 1.73. The number of halogens is 3. The van der Waals surface area contributed by atoms with Crippen LogP contribution in [0.25, 0.3) is 0 Å². The summed E-state index contributed by atoms with van der Waals surface area (Å²) in [6.45, 7) is 5.38. The Kier molecular flexibility index (Phi) is 7.11. The fourth-order valence-corrected chi connectivity index (χ4v) is 4.20. The van der Waals surface area contributed by atoms with Gasteiger partial charge in [-0.15, -0.1) is 0 Å². The van der Waals surface area contributed by atoms with Crippen LogP contribution in [0, 0.1) is 0 Å². The Morgan fingerprint density at radius 3 is 2.61 bits per heavy atom. The zero-order valence-corrected chi connectivity index (χ0v) is 18.8. The number of nitrogens with zero attached hydrogens (tertiary/aromatic N) is 4. The maximum Gasteiger partial charge on any atom is 0.446 e. The van der Waals surface area contributed by atoms with Gasteiger partial charge in [0.15, 0.2) is 0 Å². The number of anilines is 1. The molecule has 0 spiro atoms. The van der Waals surface area contributed by atoms with Crippen LogP contribution in [0.2, 0.25) is 0 Å². The number of rotatable bonds is 6. The summed E-state index contributed by atoms with van der Waals surface area (Å²) in [6.07, 6.45) is 5.17. The standard InChI is InChI=1S/C22H24F3N5O2S/c1-16-13-29(18-2-4-19(5-3-18)33-22(23,24)25)15-28(16)14-17-6-7-26-12-20(17)21(31)27-30-8-10-32-11-9-30/h2-7,12-13H,8-11,14-15H2,1H3,(H,27,31). The van der Waals surface area contributed by atoms with E-state index in [1.165, 1.54) is 12.1 Å². The lowest BCUT2D eigenvalue weighted by molar-refractivity contribution is -0.0328. The summed E-state index contributed by atoms with van der Waals surface area (Å²) in [5, 5.41) is 1.84. The molecule has 3 heterocycles. The van der Waals surface area contributed by atoms with E-state index in [4.69, 9.17) is 4.74 Å². The van der Waals surface area contributed by atoms with Crippen molar-refractivity contribution in [2.45, 2.75) is 23.9 Å². The van der Waals surface area contributed by atoms with Gasteiger partial charge in [0.05, 0.1) is 25.4 Å². The van der Waals surface area contributed by atoms with Crippen molar-refractivity contribution in [1.29, 1.82) is 0 Å². The molecule has 0 bridgehead atoms. The van der Waals surface area contributed by atoms with Crippen LogP contribution < -0.4 is 10.3 Å². The first-order valence-electron chi connectivity index (χ1n) is 10.4. The van der Waals surface area contributed by atoms with Crippen LogP contribution >= 0.6 is 11.8 Å². The summed E-state index contributed by atoms with van der Waals surface area (Å²) < 4.78 is 43.0. The van der Waals surface area contributed by atoms with Gasteiger partial charge in [-0.05, 0) is 54.6 Å². The Morgan fingerprint density at radius 2 is 1.91 bits per heavy atom. The second-order valence-corrected chi connectivity index (χ2v) is 8.83. The van der Waals surface area contributed by atoms with E-state index in [0.29, 0.717) is 45.1 Å². The van der Waals surface area contributed by atoms with E-state index in [1.54, 1.807) is 24.5 Å². The number of morpholine rings is 1. The number of alkyl halides is 3. The molecule has 1 fully saturated rings. The number of benzene rings is 1. The molecule has 7 nitrogen and oxygen atoms in total. The van der Waals surface area contributed by atoms with Gasteiger partial charge in [0.25, 0.3) is 5.91 Å². The van der Waals surface area contributed by atoms with Crippen molar-refractivity contribution < 1.29 is 22.7 Å². The number of carbonyl (C=O) groups is 1. The van der Waals surface area contributed by atoms with Crippen molar-refractivity contribution in [1.82, 2.24) is 20.3 Å². The van der Waals surface area contributed by atoms with Crippen molar-refractivity contribution >= 4 is 23.4 Å². The molecule has 2 aliphatic heterocycles. The van der Waals surface area contributed by atoms with Gasteiger partial charge in [0.2, 0.25) is 0 Å². The lowest BCUT2D eigenvalue weighted by Gasteiger charge is -2.28. The molecular weight excluding hydrogens is 455 g/mol. The topological polar surface area (TPSA) is 60.9 Å². The van der Waals surface area contributed by atoms with Crippen LogP contribution in [0.3, 0.4) is 0 Å². The van der Waals surface area contributed by atoms with Gasteiger partial charge in [0, 0.05) is 54.5 Å². The number of allylic oxidation sites excluding steroid dienone is 1. The number of hydrogen-bond acceptors (Lipinski definition) is 7. The summed E-state index contributed by atoms with van der Waals surface area (Å²) in [7, 11) is 0. The third-order valence-electron chi connectivity index (χ3n) is 5.35. The molecule has 176 valence electrons. The molecule has 0 saturated carbocycles. The van der Waals surface area contributed by atoms with Crippen LogP contribution in [-0.2, 0) is 11.3 Å². The molecule has 4 rings (SSSR count). The minimum Gasteiger partial charge on any atom is -0.379 e. The van der Waals surface area contributed by atoms with Gasteiger partial charge in [-0.3, -0.25) is 15.2 Å². The Balaban J connectivity index is 1.41. The minimum atomic E-state index is -4.31. The van der Waals surface area contributed by atoms with E-state index in [0.717, 1.165) is 16.9 Å². The SMILES string of the molecule is CC1=CN(c2ccc(SC(F)(F)F)cc2)CN1Cc1ccncc1C(=O)NN1CCOCC1. The summed E-state index contributed by atoms with van der Waals surface area (Å²) in [6, 6.07) is 8.11. The monoisotopic (exact) mass is 479 g/mol. The van der Waals surface area contributed by atoms with Crippen molar-refractivity contribution in [3.05, 3.63) is 65.7 Å². The average molecular weight is 480 g/mol. The Labute approximate surface area is 194 Å². The number of hydrogen-bond donors (Lipinski definition) is 1. The molecule has 1 N–H and O–H groups in total. The summed E-state index contributed by atoms with van der Waals surface area (Å²) in [5.74, 6) is -0.213. The van der Waals surface area contributed by atoms with Crippen LogP contribution in [-0.4, -0.2) is 59.3 Å². The van der Waals surface area contributed by atoms with Crippen molar-refractivity contribution in [3.63, 3.8) is 0 Å². The number of amides is 1. The van der Waals surface area contributed by atoms with Gasteiger partial charge in [-0.2, -0.15) is 13.2 Å². The van der Waals surface area contributed by atoms with Gasteiger partial charge in [-0.25, -0.2) is 5.01 Å². The van der Waals surface area contributed by atoms with Crippen LogP contribution in [0.4, 0.5) is 18.9 Å². The smallest absolute Gasteiger partial charge is 0.379 e. The zero-order chi connectivity index (χ0) is 23.4. The number of pyridine rings is 1. The average Bonchev–Trinajstić information content (AvgIpc) is 3.14. The molecule has 0 unspecified atom stereocenters. The van der Waals surface area contributed by atoms with Gasteiger partial charge >= 0.3 is 5.51 Å². The van der Waals surface area contributed by atoms with E-state index >= 15 is 0 Å². The highest BCUT2D eigenvalue weighted by atomic mass is 32.2. The molecule has 1 aromatic heterocycles. The minimum absolute atomic E-state index is 0.127. The molecule has 0 aliphatic carbocycles. The summed E-state index contributed by atoms with van der Waals surface area (Å²) >= 11 is -0.127. The molecule has 2 aliphatic rings. The second-order valence-electron chi connectivity index (χ2n) is 7.69. The Hall–Kier alpha value is -2.76. The summed E-state index contributed by atoms with van der Waals surface area (Å²) in [4.78, 5) is 21.2. The highest BCUT2D eigenvalue weighted by Crippen LogP contribution is 2.37. The van der Waals surface area contributed by atoms with Crippen molar-refractivity contribution in [2.24, 2.45) is 0 Å². The first-order chi connectivity index (χ1) is 15.8. The molecule has 1 amide bonds. The quantitative estimate of drug-likeness (QED) is 0.633. The molecule has 11 heteroatoms. The van der Waals surface area contributed by atoms with E-state index < -0.39 is 5.51 Å². The maximum atomic E-state index is 12.8. The third kappa shape index (κ3) is 6.18. The number of thioether (sulfide) groups is 1. The van der Waals surface area contributed by atoms with E-state index in [9.17, 15) is 18.0 Å². The Bertz CT molecular complexity index is 1010. The number of carbonyl (C=O) groups excluding carboxylic acids is 1. The fourth-order valence-electron chi connectivity index (χ4n) is 3.66. The number of aromatic nitrogens is 1. The van der Waals surface area contributed by atoms with E-state index in [-0.39, 0.29) is 22.6 Å². The maximum absolute atomic E-state index is 12.8. The van der Waals surface area contributed by atoms with Gasteiger partial charge in [0.1, 0.15) is 0 Å². The molecule has 1 aromatic carbocycles. The zero-order valence-electron chi connectivity index (χ0n) is 18.0. The Morgan fingerprint density at radius 1 is 1.18 bits per heavy atom. The first kappa shape index (κ1) is 23.4. The van der Waals surface area contributed by atoms with Crippen LogP contribution in [0.1, 0.15) is 22.8 Å².